The van der Waals surface area contributed by atoms with Crippen LogP contribution in [0.1, 0.15) is 25.7 Å². The van der Waals surface area contributed by atoms with Crippen LogP contribution in [0.4, 0.5) is 13.2 Å². The van der Waals surface area contributed by atoms with Gasteiger partial charge in [0.1, 0.15) is 0 Å². The number of carboxylic acids is 1. The highest BCUT2D eigenvalue weighted by molar-refractivity contribution is 5.72. The van der Waals surface area contributed by atoms with Gasteiger partial charge in [-0.05, 0) is 19.3 Å². The minimum Gasteiger partial charge on any atom is -0.479 e. The van der Waals surface area contributed by atoms with Gasteiger partial charge in [-0.2, -0.15) is 13.2 Å². The molecule has 0 aromatic heterocycles. The summed E-state index contributed by atoms with van der Waals surface area (Å²) < 4.78 is 45.5. The van der Waals surface area contributed by atoms with E-state index in [-0.39, 0.29) is 25.7 Å². The standard InChI is InChI=1S/C10H15F3O4/c11-10(12,13)4-1-5-16-6-7-2-3-8(17-7)9(14)15/h7-8H,1-6H2,(H,14,15). The predicted molar refractivity (Wildman–Crippen MR) is 51.6 cm³/mol. The van der Waals surface area contributed by atoms with E-state index in [0.717, 1.165) is 0 Å². The third-order valence-electron chi connectivity index (χ3n) is 2.44. The third kappa shape index (κ3) is 5.88. The first kappa shape index (κ1) is 14.2. The van der Waals surface area contributed by atoms with Crippen molar-refractivity contribution in [2.45, 2.75) is 44.1 Å². The van der Waals surface area contributed by atoms with Crippen molar-refractivity contribution in [1.29, 1.82) is 0 Å². The van der Waals surface area contributed by atoms with E-state index >= 15 is 0 Å². The molecule has 4 nitrogen and oxygen atoms in total. The van der Waals surface area contributed by atoms with Crippen LogP contribution >= 0.6 is 0 Å². The lowest BCUT2D eigenvalue weighted by Gasteiger charge is -2.12. The van der Waals surface area contributed by atoms with Crippen LogP contribution in [0, 0.1) is 0 Å². The SMILES string of the molecule is O=C(O)C1CCC(COCCCC(F)(F)F)O1. The average molecular weight is 256 g/mol. The van der Waals surface area contributed by atoms with Gasteiger partial charge >= 0.3 is 12.1 Å². The number of carboxylic acid groups (broad SMARTS) is 1. The Bertz CT molecular complexity index is 254. The van der Waals surface area contributed by atoms with E-state index in [4.69, 9.17) is 14.6 Å². The summed E-state index contributed by atoms with van der Waals surface area (Å²) in [5.74, 6) is -1.01. The second-order valence-electron chi connectivity index (χ2n) is 3.96. The van der Waals surface area contributed by atoms with Crippen LogP contribution in [-0.2, 0) is 14.3 Å². The van der Waals surface area contributed by atoms with Gasteiger partial charge in [0.2, 0.25) is 0 Å². The van der Waals surface area contributed by atoms with Crippen molar-refractivity contribution < 1.29 is 32.5 Å². The molecule has 1 N–H and O–H groups in total. The Morgan fingerprint density at radius 3 is 2.65 bits per heavy atom. The number of hydrogen-bond donors (Lipinski definition) is 1. The van der Waals surface area contributed by atoms with Crippen LogP contribution < -0.4 is 0 Å². The molecule has 0 aromatic rings. The van der Waals surface area contributed by atoms with E-state index < -0.39 is 24.7 Å². The topological polar surface area (TPSA) is 55.8 Å². The lowest BCUT2D eigenvalue weighted by atomic mass is 10.2. The summed E-state index contributed by atoms with van der Waals surface area (Å²) in [6, 6.07) is 0. The quantitative estimate of drug-likeness (QED) is 0.738. The Balaban J connectivity index is 2.03. The third-order valence-corrected chi connectivity index (χ3v) is 2.44. The summed E-state index contributed by atoms with van der Waals surface area (Å²) in [5.41, 5.74) is 0. The highest BCUT2D eigenvalue weighted by Crippen LogP contribution is 2.22. The number of carbonyl (C=O) groups is 1. The molecule has 0 spiro atoms. The Labute approximate surface area is 96.7 Å². The van der Waals surface area contributed by atoms with Crippen LogP contribution in [0.15, 0.2) is 0 Å². The zero-order valence-electron chi connectivity index (χ0n) is 9.20. The first-order valence-corrected chi connectivity index (χ1v) is 5.41. The van der Waals surface area contributed by atoms with Gasteiger partial charge in [0, 0.05) is 13.0 Å². The summed E-state index contributed by atoms with van der Waals surface area (Å²) >= 11 is 0. The number of aliphatic carboxylic acids is 1. The molecule has 100 valence electrons. The Hall–Kier alpha value is -0.820. The summed E-state index contributed by atoms with van der Waals surface area (Å²) in [7, 11) is 0. The van der Waals surface area contributed by atoms with Crippen LogP contribution in [-0.4, -0.2) is 42.7 Å². The largest absolute Gasteiger partial charge is 0.479 e. The summed E-state index contributed by atoms with van der Waals surface area (Å²) in [5, 5.41) is 8.64. The molecule has 2 unspecified atom stereocenters. The molecule has 1 rings (SSSR count). The number of alkyl halides is 3. The van der Waals surface area contributed by atoms with Crippen molar-refractivity contribution in [1.82, 2.24) is 0 Å². The number of rotatable bonds is 6. The molecule has 7 heteroatoms. The first-order valence-electron chi connectivity index (χ1n) is 5.41. The average Bonchev–Trinajstić information content (AvgIpc) is 2.64. The van der Waals surface area contributed by atoms with Crippen LogP contribution in [0.5, 0.6) is 0 Å². The minimum absolute atomic E-state index is 0.0110. The van der Waals surface area contributed by atoms with Gasteiger partial charge in [-0.1, -0.05) is 0 Å². The fourth-order valence-electron chi connectivity index (χ4n) is 1.60. The van der Waals surface area contributed by atoms with Gasteiger partial charge in [-0.25, -0.2) is 4.79 Å². The maximum Gasteiger partial charge on any atom is 0.389 e. The van der Waals surface area contributed by atoms with Crippen LogP contribution in [0.3, 0.4) is 0 Å². The van der Waals surface area contributed by atoms with Gasteiger partial charge in [0.15, 0.2) is 6.10 Å². The molecule has 1 heterocycles. The van der Waals surface area contributed by atoms with Gasteiger partial charge in [-0.3, -0.25) is 0 Å². The normalized spacial score (nSPS) is 25.1. The molecule has 1 saturated heterocycles. The molecule has 0 bridgehead atoms. The van der Waals surface area contributed by atoms with Gasteiger partial charge in [0.25, 0.3) is 0 Å². The molecule has 0 saturated carbocycles. The van der Waals surface area contributed by atoms with E-state index in [1.807, 2.05) is 0 Å². The lowest BCUT2D eigenvalue weighted by molar-refractivity contribution is -0.151. The molecule has 1 aliphatic rings. The minimum atomic E-state index is -4.15. The lowest BCUT2D eigenvalue weighted by Crippen LogP contribution is -2.23. The second-order valence-corrected chi connectivity index (χ2v) is 3.96. The van der Waals surface area contributed by atoms with Crippen molar-refractivity contribution in [2.24, 2.45) is 0 Å². The Morgan fingerprint density at radius 1 is 1.41 bits per heavy atom. The van der Waals surface area contributed by atoms with Crippen LogP contribution in [0.2, 0.25) is 0 Å². The zero-order valence-corrected chi connectivity index (χ0v) is 9.20. The number of halogens is 3. The molecular formula is C10H15F3O4. The first-order chi connectivity index (χ1) is 7.88. The molecule has 1 aliphatic heterocycles. The maximum absolute atomic E-state index is 11.8. The molecule has 0 radical (unpaired) electrons. The van der Waals surface area contributed by atoms with E-state index in [2.05, 4.69) is 0 Å². The Kier molecular flexibility index (Phi) is 5.20. The molecular weight excluding hydrogens is 241 g/mol. The van der Waals surface area contributed by atoms with Gasteiger partial charge < -0.3 is 14.6 Å². The summed E-state index contributed by atoms with van der Waals surface area (Å²) in [6.07, 6.45) is -5.24. The van der Waals surface area contributed by atoms with E-state index in [9.17, 15) is 18.0 Å². The van der Waals surface area contributed by atoms with Crippen molar-refractivity contribution >= 4 is 5.97 Å². The van der Waals surface area contributed by atoms with Crippen molar-refractivity contribution in [3.8, 4) is 0 Å². The van der Waals surface area contributed by atoms with Gasteiger partial charge in [0.05, 0.1) is 12.7 Å². The number of hydrogen-bond acceptors (Lipinski definition) is 3. The molecule has 2 atom stereocenters. The van der Waals surface area contributed by atoms with E-state index in [1.54, 1.807) is 0 Å². The second kappa shape index (κ2) is 6.20. The summed E-state index contributed by atoms with van der Waals surface area (Å²) in [4.78, 5) is 10.5. The fraction of sp³-hybridized carbons (Fsp3) is 0.900. The molecule has 0 aliphatic carbocycles. The zero-order chi connectivity index (χ0) is 12.9. The summed E-state index contributed by atoms with van der Waals surface area (Å²) in [6.45, 7) is 0.165. The molecule has 0 aromatic carbocycles. The van der Waals surface area contributed by atoms with Crippen molar-refractivity contribution in [3.05, 3.63) is 0 Å². The highest BCUT2D eigenvalue weighted by Gasteiger charge is 2.30. The maximum atomic E-state index is 11.8. The smallest absolute Gasteiger partial charge is 0.389 e. The van der Waals surface area contributed by atoms with Gasteiger partial charge in [-0.15, -0.1) is 0 Å². The van der Waals surface area contributed by atoms with E-state index in [1.165, 1.54) is 0 Å². The van der Waals surface area contributed by atoms with Crippen molar-refractivity contribution in [3.63, 3.8) is 0 Å². The number of ether oxygens (including phenoxy) is 2. The Morgan fingerprint density at radius 2 is 2.12 bits per heavy atom. The monoisotopic (exact) mass is 256 g/mol. The fourth-order valence-corrected chi connectivity index (χ4v) is 1.60. The molecule has 0 amide bonds. The molecule has 17 heavy (non-hydrogen) atoms. The van der Waals surface area contributed by atoms with E-state index in [0.29, 0.717) is 12.8 Å². The highest BCUT2D eigenvalue weighted by atomic mass is 19.4. The predicted octanol–water partition coefficient (Wildman–Crippen LogP) is 1.98. The molecule has 1 fully saturated rings. The van der Waals surface area contributed by atoms with Crippen molar-refractivity contribution in [2.75, 3.05) is 13.2 Å². The van der Waals surface area contributed by atoms with Crippen LogP contribution in [0.25, 0.3) is 0 Å².